The molecule has 4 heterocycles. The van der Waals surface area contributed by atoms with E-state index in [1.165, 1.54) is 6.08 Å². The van der Waals surface area contributed by atoms with E-state index in [0.29, 0.717) is 47.7 Å². The molecule has 0 unspecified atom stereocenters. The number of anilines is 4. The number of fused-ring (bicyclic) bond motifs is 1. The molecule has 4 N–H and O–H groups in total. The Morgan fingerprint density at radius 3 is 2.73 bits per heavy atom. The molecule has 5 aromatic rings. The summed E-state index contributed by atoms with van der Waals surface area (Å²) in [4.78, 5) is 34.9. The van der Waals surface area contributed by atoms with E-state index in [1.807, 2.05) is 42.5 Å². The maximum atomic E-state index is 12.5. The summed E-state index contributed by atoms with van der Waals surface area (Å²) in [5, 5.41) is 16.6. The number of ether oxygens (including phenoxy) is 1. The van der Waals surface area contributed by atoms with Gasteiger partial charge in [-0.05, 0) is 70.1 Å². The minimum absolute atomic E-state index is 0.134. The van der Waals surface area contributed by atoms with Crippen molar-refractivity contribution in [2.75, 3.05) is 56.4 Å². The monoisotopic (exact) mass is 650 g/mol. The van der Waals surface area contributed by atoms with E-state index in [2.05, 4.69) is 51.1 Å². The molecule has 250 valence electrons. The Labute approximate surface area is 279 Å². The quantitative estimate of drug-likeness (QED) is 0.0884. The van der Waals surface area contributed by atoms with Gasteiger partial charge < -0.3 is 39.7 Å². The standard InChI is InChI=1S/C36H42N8O4/c1-5-33(46)38-27-21-28(31(47-4)22-29(27)44-16-12-25(13-17-44)43(2)3)40-36-37-15-11-26(39-36)35-34(41-32(42-35)8-6-7-18-45)24-10-9-23-14-19-48-30(23)20-24/h5,9-11,14-15,19-22,25,45H,1,6-8,12-13,16-18H2,2-4H3,(H,38,46)(H,41,42)(H,37,39,40). The zero-order valence-electron chi connectivity index (χ0n) is 27.6. The van der Waals surface area contributed by atoms with Crippen molar-refractivity contribution in [3.63, 3.8) is 0 Å². The van der Waals surface area contributed by atoms with Gasteiger partial charge in [-0.15, -0.1) is 0 Å². The summed E-state index contributed by atoms with van der Waals surface area (Å²) in [5.74, 6) is 1.43. The molecular formula is C36H42N8O4. The van der Waals surface area contributed by atoms with E-state index in [4.69, 9.17) is 19.1 Å². The van der Waals surface area contributed by atoms with Crippen LogP contribution in [0.2, 0.25) is 0 Å². The Kier molecular flexibility index (Phi) is 10.0. The summed E-state index contributed by atoms with van der Waals surface area (Å²) in [6, 6.07) is 14.1. The molecule has 1 amide bonds. The first-order chi connectivity index (χ1) is 23.4. The highest BCUT2D eigenvalue weighted by atomic mass is 16.5. The number of amides is 1. The second-order valence-electron chi connectivity index (χ2n) is 12.1. The van der Waals surface area contributed by atoms with Gasteiger partial charge in [0.25, 0.3) is 0 Å². The van der Waals surface area contributed by atoms with Gasteiger partial charge >= 0.3 is 0 Å². The van der Waals surface area contributed by atoms with Gasteiger partial charge in [-0.3, -0.25) is 4.79 Å². The van der Waals surface area contributed by atoms with Crippen LogP contribution in [0.4, 0.5) is 23.0 Å². The van der Waals surface area contributed by atoms with E-state index < -0.39 is 0 Å². The largest absolute Gasteiger partial charge is 0.494 e. The van der Waals surface area contributed by atoms with Crippen molar-refractivity contribution in [1.82, 2.24) is 24.8 Å². The molecule has 48 heavy (non-hydrogen) atoms. The lowest BCUT2D eigenvalue weighted by atomic mass is 10.0. The van der Waals surface area contributed by atoms with Gasteiger partial charge in [-0.25, -0.2) is 15.0 Å². The first-order valence-corrected chi connectivity index (χ1v) is 16.2. The molecule has 1 aliphatic rings. The third-order valence-electron chi connectivity index (χ3n) is 8.76. The number of carbonyl (C=O) groups excluding carboxylic acids is 1. The average molecular weight is 651 g/mol. The summed E-state index contributed by atoms with van der Waals surface area (Å²) < 4.78 is 11.5. The lowest BCUT2D eigenvalue weighted by molar-refractivity contribution is -0.111. The van der Waals surface area contributed by atoms with Crippen LogP contribution in [0.15, 0.2) is 72.0 Å². The Bertz CT molecular complexity index is 1890. The molecule has 1 aliphatic heterocycles. The van der Waals surface area contributed by atoms with Gasteiger partial charge in [0.2, 0.25) is 11.9 Å². The number of hydrogen-bond acceptors (Lipinski definition) is 10. The molecule has 0 spiro atoms. The number of furan rings is 1. The van der Waals surface area contributed by atoms with Crippen molar-refractivity contribution in [2.24, 2.45) is 0 Å². The number of benzene rings is 2. The Balaban J connectivity index is 1.34. The number of unbranched alkanes of at least 4 members (excludes halogenated alkanes) is 1. The smallest absolute Gasteiger partial charge is 0.247 e. The highest BCUT2D eigenvalue weighted by Gasteiger charge is 2.25. The fourth-order valence-electron chi connectivity index (χ4n) is 6.12. The van der Waals surface area contributed by atoms with E-state index >= 15 is 0 Å². The number of nitrogens with zero attached hydrogens (tertiary/aromatic N) is 5. The molecule has 0 saturated carbocycles. The minimum Gasteiger partial charge on any atom is -0.494 e. The molecule has 0 aliphatic carbocycles. The van der Waals surface area contributed by atoms with Crippen molar-refractivity contribution < 1.29 is 19.1 Å². The molecular weight excluding hydrogens is 608 g/mol. The fraction of sp³-hybridized carbons (Fsp3) is 0.333. The third kappa shape index (κ3) is 7.19. The van der Waals surface area contributed by atoms with Crippen molar-refractivity contribution >= 4 is 39.9 Å². The Morgan fingerprint density at radius 1 is 1.15 bits per heavy atom. The number of aromatic nitrogens is 4. The molecule has 6 rings (SSSR count). The van der Waals surface area contributed by atoms with Gasteiger partial charge in [0.15, 0.2) is 0 Å². The first-order valence-electron chi connectivity index (χ1n) is 16.2. The van der Waals surface area contributed by atoms with Crippen molar-refractivity contribution in [3.8, 4) is 28.4 Å². The molecule has 2 aromatic carbocycles. The van der Waals surface area contributed by atoms with Crippen LogP contribution in [0, 0.1) is 0 Å². The number of imidazole rings is 1. The number of piperidine rings is 1. The van der Waals surface area contributed by atoms with Gasteiger partial charge in [0.1, 0.15) is 17.2 Å². The summed E-state index contributed by atoms with van der Waals surface area (Å²) in [5.41, 5.74) is 5.90. The second-order valence-corrected chi connectivity index (χ2v) is 12.1. The number of H-pyrrole nitrogens is 1. The third-order valence-corrected chi connectivity index (χ3v) is 8.76. The number of rotatable bonds is 13. The lowest BCUT2D eigenvalue weighted by Gasteiger charge is -2.37. The predicted molar refractivity (Wildman–Crippen MR) is 189 cm³/mol. The van der Waals surface area contributed by atoms with E-state index in [1.54, 1.807) is 19.6 Å². The van der Waals surface area contributed by atoms with Crippen LogP contribution in [0.25, 0.3) is 33.6 Å². The molecule has 0 radical (unpaired) electrons. The zero-order valence-corrected chi connectivity index (χ0v) is 27.6. The minimum atomic E-state index is -0.303. The number of carbonyl (C=O) groups is 1. The number of hydrogen-bond donors (Lipinski definition) is 4. The van der Waals surface area contributed by atoms with Gasteiger partial charge in [0, 0.05) is 55.4 Å². The lowest BCUT2D eigenvalue weighted by Crippen LogP contribution is -2.42. The topological polar surface area (TPSA) is 145 Å². The Hall–Kier alpha value is -5.20. The average Bonchev–Trinajstić information content (AvgIpc) is 3.76. The van der Waals surface area contributed by atoms with Gasteiger partial charge in [-0.2, -0.15) is 0 Å². The number of aryl methyl sites for hydroxylation is 1. The Morgan fingerprint density at radius 2 is 1.98 bits per heavy atom. The summed E-state index contributed by atoms with van der Waals surface area (Å²) in [6.45, 7) is 5.47. The highest BCUT2D eigenvalue weighted by molar-refractivity contribution is 6.02. The van der Waals surface area contributed by atoms with E-state index in [9.17, 15) is 9.90 Å². The SMILES string of the molecule is C=CC(=O)Nc1cc(Nc2nccc(-c3[nH]c(CCCCO)nc3-c3ccc4ccoc4c3)n2)c(OC)cc1N1CCC(N(C)C)CC1. The first kappa shape index (κ1) is 32.7. The maximum Gasteiger partial charge on any atom is 0.247 e. The molecule has 1 fully saturated rings. The van der Waals surface area contributed by atoms with Crippen LogP contribution in [0.3, 0.4) is 0 Å². The zero-order chi connectivity index (χ0) is 33.6. The van der Waals surface area contributed by atoms with Crippen LogP contribution < -0.4 is 20.3 Å². The van der Waals surface area contributed by atoms with Gasteiger partial charge in [0.05, 0.1) is 47.5 Å². The molecule has 0 bridgehead atoms. The molecule has 3 aromatic heterocycles. The van der Waals surface area contributed by atoms with Crippen molar-refractivity contribution in [2.45, 2.75) is 38.1 Å². The number of aliphatic hydroxyl groups is 1. The van der Waals surface area contributed by atoms with E-state index in [0.717, 1.165) is 71.8 Å². The fourth-order valence-corrected chi connectivity index (χ4v) is 6.12. The number of nitrogens with one attached hydrogen (secondary N) is 3. The molecule has 12 heteroatoms. The second kappa shape index (κ2) is 14.7. The van der Waals surface area contributed by atoms with Gasteiger partial charge in [-0.1, -0.05) is 18.7 Å². The van der Waals surface area contributed by atoms with Crippen LogP contribution in [0.1, 0.15) is 31.5 Å². The number of methoxy groups -OCH3 is 1. The summed E-state index contributed by atoms with van der Waals surface area (Å²) in [6.07, 6.45) is 8.81. The summed E-state index contributed by atoms with van der Waals surface area (Å²) in [7, 11) is 5.84. The number of aromatic amines is 1. The van der Waals surface area contributed by atoms with E-state index in [-0.39, 0.29) is 12.5 Å². The van der Waals surface area contributed by atoms with Crippen LogP contribution in [-0.4, -0.2) is 82.8 Å². The van der Waals surface area contributed by atoms with Crippen molar-refractivity contribution in [3.05, 3.63) is 73.4 Å². The normalized spacial score (nSPS) is 13.6. The number of aliphatic hydroxyl groups excluding tert-OH is 1. The molecule has 1 saturated heterocycles. The summed E-state index contributed by atoms with van der Waals surface area (Å²) >= 11 is 0. The maximum absolute atomic E-state index is 12.5. The van der Waals surface area contributed by atoms with Crippen LogP contribution >= 0.6 is 0 Å². The predicted octanol–water partition coefficient (Wildman–Crippen LogP) is 6.00. The highest BCUT2D eigenvalue weighted by Crippen LogP contribution is 2.40. The molecule has 0 atom stereocenters. The van der Waals surface area contributed by atoms with Crippen molar-refractivity contribution in [1.29, 1.82) is 0 Å². The molecule has 12 nitrogen and oxygen atoms in total. The van der Waals surface area contributed by atoms with Crippen LogP contribution in [-0.2, 0) is 11.2 Å². The van der Waals surface area contributed by atoms with Crippen LogP contribution in [0.5, 0.6) is 5.75 Å².